The summed E-state index contributed by atoms with van der Waals surface area (Å²) < 4.78 is 5.27. The summed E-state index contributed by atoms with van der Waals surface area (Å²) in [5, 5.41) is 3.21. The van der Waals surface area contributed by atoms with Gasteiger partial charge in [0.1, 0.15) is 5.82 Å². The Hall–Kier alpha value is -1.36. The van der Waals surface area contributed by atoms with Crippen LogP contribution in [0.1, 0.15) is 26.2 Å². The quantitative estimate of drug-likeness (QED) is 0.782. The first-order chi connectivity index (χ1) is 7.72. The van der Waals surface area contributed by atoms with Crippen molar-refractivity contribution >= 4 is 5.82 Å². The predicted octanol–water partition coefficient (Wildman–Crippen LogP) is 1.17. The number of nitrogens with zero attached hydrogens (tertiary/aromatic N) is 2. The molecular formula is C11H18N4O. The Morgan fingerprint density at radius 1 is 1.50 bits per heavy atom. The number of anilines is 1. The van der Waals surface area contributed by atoms with Crippen molar-refractivity contribution in [3.63, 3.8) is 0 Å². The normalized spacial score (nSPS) is 17.6. The number of hydrogen-bond acceptors (Lipinski definition) is 5. The van der Waals surface area contributed by atoms with Crippen LogP contribution in [-0.2, 0) is 0 Å². The van der Waals surface area contributed by atoms with E-state index in [1.165, 1.54) is 6.42 Å². The van der Waals surface area contributed by atoms with E-state index in [4.69, 9.17) is 10.5 Å². The van der Waals surface area contributed by atoms with Gasteiger partial charge in [-0.3, -0.25) is 4.98 Å². The lowest BCUT2D eigenvalue weighted by atomic mass is 9.78. The first-order valence-corrected chi connectivity index (χ1v) is 5.69. The van der Waals surface area contributed by atoms with Gasteiger partial charge in [-0.25, -0.2) is 0 Å². The molecule has 1 aromatic heterocycles. The van der Waals surface area contributed by atoms with Crippen molar-refractivity contribution in [3.05, 3.63) is 12.4 Å². The number of nitrogens with one attached hydrogen (secondary N) is 1. The molecule has 0 saturated heterocycles. The maximum atomic E-state index is 6.11. The number of nitrogens with two attached hydrogens (primary N) is 1. The van der Waals surface area contributed by atoms with Gasteiger partial charge in [0.2, 0.25) is 5.88 Å². The molecule has 0 amide bonds. The molecule has 1 aliphatic carbocycles. The van der Waals surface area contributed by atoms with Crippen LogP contribution < -0.4 is 15.8 Å². The molecule has 0 atom stereocenters. The number of hydrogen-bond donors (Lipinski definition) is 2. The van der Waals surface area contributed by atoms with Gasteiger partial charge in [0, 0.05) is 12.1 Å². The third kappa shape index (κ3) is 2.61. The highest BCUT2D eigenvalue weighted by Crippen LogP contribution is 2.29. The second-order valence-electron chi connectivity index (χ2n) is 4.25. The minimum Gasteiger partial charge on any atom is -0.477 e. The Balaban J connectivity index is 1.90. The second-order valence-corrected chi connectivity index (χ2v) is 4.25. The van der Waals surface area contributed by atoms with E-state index in [0.29, 0.717) is 12.5 Å². The molecule has 1 heterocycles. The molecule has 0 unspecified atom stereocenters. The fraction of sp³-hybridized carbons (Fsp3) is 0.636. The van der Waals surface area contributed by atoms with Crippen molar-refractivity contribution < 1.29 is 4.74 Å². The van der Waals surface area contributed by atoms with E-state index in [9.17, 15) is 0 Å². The number of ether oxygens (including phenoxy) is 1. The number of aromatic nitrogens is 2. The van der Waals surface area contributed by atoms with Crippen LogP contribution in [0.3, 0.4) is 0 Å². The molecule has 16 heavy (non-hydrogen) atoms. The summed E-state index contributed by atoms with van der Waals surface area (Å²) in [5.41, 5.74) is 6.05. The fourth-order valence-electron chi connectivity index (χ4n) is 1.72. The van der Waals surface area contributed by atoms with Crippen molar-refractivity contribution in [1.29, 1.82) is 0 Å². The van der Waals surface area contributed by atoms with Crippen LogP contribution in [0.5, 0.6) is 5.88 Å². The monoisotopic (exact) mass is 222 g/mol. The summed E-state index contributed by atoms with van der Waals surface area (Å²) >= 11 is 0. The Kier molecular flexibility index (Phi) is 3.24. The Labute approximate surface area is 95.4 Å². The summed E-state index contributed by atoms with van der Waals surface area (Å²) in [6.45, 7) is 3.27. The van der Waals surface area contributed by atoms with Gasteiger partial charge < -0.3 is 15.8 Å². The second kappa shape index (κ2) is 4.65. The van der Waals surface area contributed by atoms with Gasteiger partial charge >= 0.3 is 0 Å². The SMILES string of the molecule is CCOc1cncc(NCC2(N)CCC2)n1. The Morgan fingerprint density at radius 2 is 2.31 bits per heavy atom. The molecule has 0 aromatic carbocycles. The van der Waals surface area contributed by atoms with E-state index in [2.05, 4.69) is 15.3 Å². The van der Waals surface area contributed by atoms with E-state index in [1.807, 2.05) is 6.92 Å². The highest BCUT2D eigenvalue weighted by Gasteiger charge is 2.32. The third-order valence-electron chi connectivity index (χ3n) is 2.88. The maximum absolute atomic E-state index is 6.11. The average Bonchev–Trinajstić information content (AvgIpc) is 2.25. The zero-order valence-corrected chi connectivity index (χ0v) is 9.57. The van der Waals surface area contributed by atoms with Crippen molar-refractivity contribution in [3.8, 4) is 5.88 Å². The summed E-state index contributed by atoms with van der Waals surface area (Å²) in [5.74, 6) is 1.27. The van der Waals surface area contributed by atoms with Crippen LogP contribution >= 0.6 is 0 Å². The molecule has 2 rings (SSSR count). The molecule has 88 valence electrons. The summed E-state index contributed by atoms with van der Waals surface area (Å²) in [4.78, 5) is 8.33. The lowest BCUT2D eigenvalue weighted by molar-refractivity contribution is 0.265. The van der Waals surface area contributed by atoms with E-state index in [1.54, 1.807) is 12.4 Å². The molecule has 5 nitrogen and oxygen atoms in total. The largest absolute Gasteiger partial charge is 0.477 e. The van der Waals surface area contributed by atoms with Gasteiger partial charge in [0.25, 0.3) is 0 Å². The summed E-state index contributed by atoms with van der Waals surface area (Å²) in [7, 11) is 0. The van der Waals surface area contributed by atoms with Crippen LogP contribution in [0.15, 0.2) is 12.4 Å². The van der Waals surface area contributed by atoms with Crippen LogP contribution in [0.25, 0.3) is 0 Å². The highest BCUT2D eigenvalue weighted by atomic mass is 16.5. The summed E-state index contributed by atoms with van der Waals surface area (Å²) in [6.07, 6.45) is 6.68. The van der Waals surface area contributed by atoms with Gasteiger partial charge in [-0.15, -0.1) is 0 Å². The van der Waals surface area contributed by atoms with Crippen molar-refractivity contribution in [2.45, 2.75) is 31.7 Å². The maximum Gasteiger partial charge on any atom is 0.234 e. The van der Waals surface area contributed by atoms with Gasteiger partial charge in [-0.2, -0.15) is 4.98 Å². The minimum absolute atomic E-state index is 0.0523. The number of rotatable bonds is 5. The van der Waals surface area contributed by atoms with Gasteiger partial charge in [-0.05, 0) is 26.2 Å². The lowest BCUT2D eigenvalue weighted by Gasteiger charge is -2.38. The van der Waals surface area contributed by atoms with Gasteiger partial charge in [0.15, 0.2) is 0 Å². The van der Waals surface area contributed by atoms with Crippen LogP contribution in [-0.4, -0.2) is 28.7 Å². The first-order valence-electron chi connectivity index (χ1n) is 5.69. The molecule has 0 bridgehead atoms. The van der Waals surface area contributed by atoms with Crippen molar-refractivity contribution in [2.75, 3.05) is 18.5 Å². The molecule has 3 N–H and O–H groups in total. The van der Waals surface area contributed by atoms with Crippen LogP contribution in [0, 0.1) is 0 Å². The Morgan fingerprint density at radius 3 is 2.94 bits per heavy atom. The molecule has 0 radical (unpaired) electrons. The van der Waals surface area contributed by atoms with Gasteiger partial charge in [0.05, 0.1) is 19.0 Å². The van der Waals surface area contributed by atoms with E-state index in [0.717, 1.165) is 25.2 Å². The van der Waals surface area contributed by atoms with Gasteiger partial charge in [-0.1, -0.05) is 0 Å². The third-order valence-corrected chi connectivity index (χ3v) is 2.88. The van der Waals surface area contributed by atoms with Crippen molar-refractivity contribution in [1.82, 2.24) is 9.97 Å². The average molecular weight is 222 g/mol. The zero-order valence-electron chi connectivity index (χ0n) is 9.57. The standard InChI is InChI=1S/C11H18N4O/c1-2-16-10-7-13-6-9(15-10)14-8-11(12)4-3-5-11/h6-7H,2-5,8,12H2,1H3,(H,14,15). The fourth-order valence-corrected chi connectivity index (χ4v) is 1.72. The zero-order chi connectivity index (χ0) is 11.4. The molecule has 1 aromatic rings. The molecule has 1 aliphatic rings. The summed E-state index contributed by atoms with van der Waals surface area (Å²) in [6, 6.07) is 0. The first kappa shape index (κ1) is 11.1. The van der Waals surface area contributed by atoms with E-state index >= 15 is 0 Å². The topological polar surface area (TPSA) is 73.1 Å². The van der Waals surface area contributed by atoms with Crippen molar-refractivity contribution in [2.24, 2.45) is 5.73 Å². The Bertz CT molecular complexity index is 352. The molecule has 0 aliphatic heterocycles. The van der Waals surface area contributed by atoms with Crippen LogP contribution in [0.2, 0.25) is 0 Å². The van der Waals surface area contributed by atoms with E-state index in [-0.39, 0.29) is 5.54 Å². The van der Waals surface area contributed by atoms with Crippen LogP contribution in [0.4, 0.5) is 5.82 Å². The highest BCUT2D eigenvalue weighted by molar-refractivity contribution is 5.34. The van der Waals surface area contributed by atoms with E-state index < -0.39 is 0 Å². The molecule has 0 spiro atoms. The predicted molar refractivity (Wildman–Crippen MR) is 62.5 cm³/mol. The molecule has 5 heteroatoms. The lowest BCUT2D eigenvalue weighted by Crippen LogP contribution is -2.52. The minimum atomic E-state index is -0.0523. The molecular weight excluding hydrogens is 204 g/mol. The molecule has 1 saturated carbocycles. The molecule has 1 fully saturated rings. The smallest absolute Gasteiger partial charge is 0.234 e.